The van der Waals surface area contributed by atoms with Gasteiger partial charge in [0.1, 0.15) is 5.56 Å². The molecule has 7 nitrogen and oxygen atoms in total. The van der Waals surface area contributed by atoms with Gasteiger partial charge in [-0.1, -0.05) is 0 Å². The summed E-state index contributed by atoms with van der Waals surface area (Å²) >= 11 is 0. The summed E-state index contributed by atoms with van der Waals surface area (Å²) in [6.45, 7) is 2.08. The second-order valence-electron chi connectivity index (χ2n) is 4.33. The summed E-state index contributed by atoms with van der Waals surface area (Å²) in [5.74, 6) is -1.59. The Morgan fingerprint density at radius 1 is 1.47 bits per heavy atom. The first-order valence-corrected chi connectivity index (χ1v) is 5.82. The van der Waals surface area contributed by atoms with Crippen molar-refractivity contribution in [3.05, 3.63) is 33.7 Å². The van der Waals surface area contributed by atoms with E-state index in [2.05, 4.69) is 4.98 Å². The molecule has 0 aromatic carbocycles. The highest BCUT2D eigenvalue weighted by molar-refractivity contribution is 5.94. The number of morpholine rings is 1. The van der Waals surface area contributed by atoms with Crippen LogP contribution in [0.1, 0.15) is 16.1 Å². The first-order valence-electron chi connectivity index (χ1n) is 5.82. The van der Waals surface area contributed by atoms with Crippen LogP contribution in [0.15, 0.2) is 16.9 Å². The van der Waals surface area contributed by atoms with Gasteiger partial charge in [0.2, 0.25) is 0 Å². The molecule has 102 valence electrons. The van der Waals surface area contributed by atoms with Crippen LogP contribution in [0.25, 0.3) is 0 Å². The summed E-state index contributed by atoms with van der Waals surface area (Å²) in [4.78, 5) is 38.5. The van der Waals surface area contributed by atoms with E-state index < -0.39 is 23.5 Å². The number of aromatic amines is 1. The van der Waals surface area contributed by atoms with E-state index in [-0.39, 0.29) is 25.3 Å². The summed E-state index contributed by atoms with van der Waals surface area (Å²) in [5, 5.41) is 8.87. The van der Waals surface area contributed by atoms with Gasteiger partial charge in [0.25, 0.3) is 11.5 Å². The minimum atomic E-state index is -1.12. The fourth-order valence-electron chi connectivity index (χ4n) is 1.89. The monoisotopic (exact) mass is 266 g/mol. The largest absolute Gasteiger partial charge is 0.479 e. The van der Waals surface area contributed by atoms with Gasteiger partial charge >= 0.3 is 5.97 Å². The van der Waals surface area contributed by atoms with Crippen molar-refractivity contribution in [3.8, 4) is 0 Å². The molecule has 2 rings (SSSR count). The molecule has 0 bridgehead atoms. The average Bonchev–Trinajstić information content (AvgIpc) is 2.38. The van der Waals surface area contributed by atoms with Crippen molar-refractivity contribution >= 4 is 11.9 Å². The third-order valence-corrected chi connectivity index (χ3v) is 2.91. The lowest BCUT2D eigenvalue weighted by Gasteiger charge is -2.30. The SMILES string of the molecule is Cc1ccc(C(=O)N2CCOC(C(=O)O)C2)c(=O)[nH]1. The average molecular weight is 266 g/mol. The number of amides is 1. The van der Waals surface area contributed by atoms with Crippen molar-refractivity contribution in [2.75, 3.05) is 19.7 Å². The lowest BCUT2D eigenvalue weighted by atomic mass is 10.2. The van der Waals surface area contributed by atoms with Crippen molar-refractivity contribution in [3.63, 3.8) is 0 Å². The number of pyridine rings is 1. The smallest absolute Gasteiger partial charge is 0.334 e. The van der Waals surface area contributed by atoms with E-state index >= 15 is 0 Å². The normalized spacial score (nSPS) is 19.2. The third kappa shape index (κ3) is 2.82. The second kappa shape index (κ2) is 5.23. The number of carboxylic acid groups (broad SMARTS) is 1. The summed E-state index contributed by atoms with van der Waals surface area (Å²) < 4.78 is 5.03. The topological polar surface area (TPSA) is 99.7 Å². The van der Waals surface area contributed by atoms with Gasteiger partial charge < -0.3 is 19.7 Å². The number of rotatable bonds is 2. The number of carbonyl (C=O) groups is 2. The Kier molecular flexibility index (Phi) is 3.66. The second-order valence-corrected chi connectivity index (χ2v) is 4.33. The van der Waals surface area contributed by atoms with Crippen LogP contribution in [0, 0.1) is 6.92 Å². The molecule has 1 unspecified atom stereocenters. The van der Waals surface area contributed by atoms with Gasteiger partial charge in [-0.3, -0.25) is 9.59 Å². The van der Waals surface area contributed by atoms with E-state index in [0.717, 1.165) is 0 Å². The molecule has 0 saturated carbocycles. The summed E-state index contributed by atoms with van der Waals surface area (Å²) in [6.07, 6.45) is -1.04. The lowest BCUT2D eigenvalue weighted by molar-refractivity contribution is -0.154. The van der Waals surface area contributed by atoms with Crippen LogP contribution in [0.4, 0.5) is 0 Å². The van der Waals surface area contributed by atoms with Gasteiger partial charge in [-0.05, 0) is 19.1 Å². The fraction of sp³-hybridized carbons (Fsp3) is 0.417. The van der Waals surface area contributed by atoms with Crippen LogP contribution in [0.2, 0.25) is 0 Å². The van der Waals surface area contributed by atoms with Crippen LogP contribution < -0.4 is 5.56 Å². The van der Waals surface area contributed by atoms with E-state index in [4.69, 9.17) is 9.84 Å². The molecule has 19 heavy (non-hydrogen) atoms. The van der Waals surface area contributed by atoms with Crippen molar-refractivity contribution < 1.29 is 19.4 Å². The fourth-order valence-corrected chi connectivity index (χ4v) is 1.89. The molecule has 1 aliphatic heterocycles. The Bertz CT molecular complexity index is 565. The number of aromatic nitrogens is 1. The first-order chi connectivity index (χ1) is 8.99. The number of carboxylic acids is 1. The lowest BCUT2D eigenvalue weighted by Crippen LogP contribution is -2.49. The van der Waals surface area contributed by atoms with Crippen LogP contribution in [0.3, 0.4) is 0 Å². The molecule has 0 aliphatic carbocycles. The number of nitrogens with one attached hydrogen (secondary N) is 1. The Morgan fingerprint density at radius 3 is 2.84 bits per heavy atom. The number of aryl methyl sites for hydroxylation is 1. The highest BCUT2D eigenvalue weighted by atomic mass is 16.5. The zero-order valence-corrected chi connectivity index (χ0v) is 10.4. The van der Waals surface area contributed by atoms with Gasteiger partial charge in [-0.25, -0.2) is 4.79 Å². The number of H-pyrrole nitrogens is 1. The summed E-state index contributed by atoms with van der Waals surface area (Å²) in [7, 11) is 0. The molecule has 2 heterocycles. The quantitative estimate of drug-likeness (QED) is 0.759. The van der Waals surface area contributed by atoms with E-state index in [1.807, 2.05) is 0 Å². The molecule has 7 heteroatoms. The van der Waals surface area contributed by atoms with Gasteiger partial charge in [0.15, 0.2) is 6.10 Å². The molecule has 0 spiro atoms. The Hall–Kier alpha value is -2.15. The summed E-state index contributed by atoms with van der Waals surface area (Å²) in [5.41, 5.74) is 0.201. The zero-order valence-electron chi connectivity index (χ0n) is 10.4. The van der Waals surface area contributed by atoms with Gasteiger partial charge in [-0.15, -0.1) is 0 Å². The zero-order chi connectivity index (χ0) is 14.0. The molecule has 1 aliphatic rings. The molecule has 1 atom stereocenters. The maximum atomic E-state index is 12.2. The number of carbonyl (C=O) groups excluding carboxylic acids is 1. The van der Waals surface area contributed by atoms with E-state index in [1.54, 1.807) is 13.0 Å². The summed E-state index contributed by atoms with van der Waals surface area (Å²) in [6, 6.07) is 3.07. The molecule has 0 radical (unpaired) electrons. The number of nitrogens with zero attached hydrogens (tertiary/aromatic N) is 1. The number of hydrogen-bond acceptors (Lipinski definition) is 4. The van der Waals surface area contributed by atoms with E-state index in [9.17, 15) is 14.4 Å². The molecular formula is C12H14N2O5. The molecule has 1 fully saturated rings. The van der Waals surface area contributed by atoms with Crippen LogP contribution in [0.5, 0.6) is 0 Å². The Labute approximate surface area is 108 Å². The highest BCUT2D eigenvalue weighted by Gasteiger charge is 2.30. The Balaban J connectivity index is 2.19. The van der Waals surface area contributed by atoms with Crippen LogP contribution in [-0.4, -0.2) is 52.7 Å². The number of hydrogen-bond donors (Lipinski definition) is 2. The van der Waals surface area contributed by atoms with Crippen molar-refractivity contribution in [2.24, 2.45) is 0 Å². The first kappa shape index (κ1) is 13.3. The van der Waals surface area contributed by atoms with Crippen LogP contribution in [-0.2, 0) is 9.53 Å². The van der Waals surface area contributed by atoms with Crippen molar-refractivity contribution in [2.45, 2.75) is 13.0 Å². The molecular weight excluding hydrogens is 252 g/mol. The molecule has 1 amide bonds. The Morgan fingerprint density at radius 2 is 2.21 bits per heavy atom. The standard InChI is InChI=1S/C12H14N2O5/c1-7-2-3-8(10(15)13-7)11(16)14-4-5-19-9(6-14)12(17)18/h2-3,9H,4-6H2,1H3,(H,13,15)(H,17,18). The van der Waals surface area contributed by atoms with Crippen molar-refractivity contribution in [1.29, 1.82) is 0 Å². The van der Waals surface area contributed by atoms with E-state index in [1.165, 1.54) is 11.0 Å². The predicted molar refractivity (Wildman–Crippen MR) is 65.1 cm³/mol. The molecule has 1 aromatic rings. The van der Waals surface area contributed by atoms with Gasteiger partial charge in [0.05, 0.1) is 13.2 Å². The highest BCUT2D eigenvalue weighted by Crippen LogP contribution is 2.09. The minimum Gasteiger partial charge on any atom is -0.479 e. The van der Waals surface area contributed by atoms with Crippen LogP contribution >= 0.6 is 0 Å². The molecule has 1 aromatic heterocycles. The van der Waals surface area contributed by atoms with Gasteiger partial charge in [0, 0.05) is 12.2 Å². The molecule has 1 saturated heterocycles. The maximum absolute atomic E-state index is 12.2. The number of ether oxygens (including phenoxy) is 1. The van der Waals surface area contributed by atoms with Gasteiger partial charge in [-0.2, -0.15) is 0 Å². The van der Waals surface area contributed by atoms with Crippen molar-refractivity contribution in [1.82, 2.24) is 9.88 Å². The minimum absolute atomic E-state index is 0.0108. The molecule has 2 N–H and O–H groups in total. The van der Waals surface area contributed by atoms with E-state index in [0.29, 0.717) is 5.69 Å². The third-order valence-electron chi connectivity index (χ3n) is 2.91. The predicted octanol–water partition coefficient (Wildman–Crippen LogP) is -0.391. The maximum Gasteiger partial charge on any atom is 0.334 e. The number of aliphatic carboxylic acids is 1.